The van der Waals surface area contributed by atoms with E-state index in [0.717, 1.165) is 12.1 Å². The Bertz CT molecular complexity index is 434. The highest BCUT2D eigenvalue weighted by atomic mass is 19.1. The van der Waals surface area contributed by atoms with Gasteiger partial charge < -0.3 is 14.8 Å². The SMILES string of the molecule is CCNC(c1cc(F)ccc1OC)C(OCC)C1CC1. The van der Waals surface area contributed by atoms with Gasteiger partial charge in [-0.2, -0.15) is 0 Å². The molecule has 2 atom stereocenters. The Balaban J connectivity index is 2.32. The average molecular weight is 281 g/mol. The number of ether oxygens (including phenoxy) is 2. The minimum absolute atomic E-state index is 0.0295. The molecule has 20 heavy (non-hydrogen) atoms. The van der Waals surface area contributed by atoms with Crippen LogP contribution in [0.5, 0.6) is 5.75 Å². The highest BCUT2D eigenvalue weighted by Gasteiger charge is 2.38. The van der Waals surface area contributed by atoms with Crippen LogP contribution in [-0.4, -0.2) is 26.4 Å². The first-order valence-electron chi connectivity index (χ1n) is 7.39. The maximum atomic E-state index is 13.6. The second-order valence-corrected chi connectivity index (χ2v) is 5.18. The lowest BCUT2D eigenvalue weighted by atomic mass is 9.96. The molecule has 1 aliphatic rings. The molecule has 3 nitrogen and oxygen atoms in total. The van der Waals surface area contributed by atoms with E-state index in [1.807, 2.05) is 6.92 Å². The van der Waals surface area contributed by atoms with Gasteiger partial charge in [-0.25, -0.2) is 4.39 Å². The highest BCUT2D eigenvalue weighted by Crippen LogP contribution is 2.42. The van der Waals surface area contributed by atoms with Gasteiger partial charge in [0.1, 0.15) is 11.6 Å². The predicted molar refractivity (Wildman–Crippen MR) is 77.5 cm³/mol. The Morgan fingerprint density at radius 3 is 2.65 bits per heavy atom. The molecule has 1 aromatic carbocycles. The molecule has 0 spiro atoms. The van der Waals surface area contributed by atoms with E-state index in [4.69, 9.17) is 9.47 Å². The maximum absolute atomic E-state index is 13.6. The van der Waals surface area contributed by atoms with Crippen molar-refractivity contribution in [2.75, 3.05) is 20.3 Å². The predicted octanol–water partition coefficient (Wildman–Crippen LogP) is 3.30. The van der Waals surface area contributed by atoms with Crippen LogP contribution in [0, 0.1) is 11.7 Å². The number of nitrogens with one attached hydrogen (secondary N) is 1. The number of likely N-dealkylation sites (N-methyl/N-ethyl adjacent to an activating group) is 1. The van der Waals surface area contributed by atoms with Crippen LogP contribution in [0.1, 0.15) is 38.3 Å². The first kappa shape index (κ1) is 15.3. The van der Waals surface area contributed by atoms with Gasteiger partial charge in [0.25, 0.3) is 0 Å². The molecule has 0 saturated heterocycles. The lowest BCUT2D eigenvalue weighted by Gasteiger charge is -2.29. The van der Waals surface area contributed by atoms with Crippen molar-refractivity contribution in [2.24, 2.45) is 5.92 Å². The number of rotatable bonds is 8. The first-order chi connectivity index (χ1) is 9.71. The monoisotopic (exact) mass is 281 g/mol. The Morgan fingerprint density at radius 1 is 1.35 bits per heavy atom. The van der Waals surface area contributed by atoms with Crippen LogP contribution >= 0.6 is 0 Å². The lowest BCUT2D eigenvalue weighted by molar-refractivity contribution is 0.0183. The molecular weight excluding hydrogens is 257 g/mol. The van der Waals surface area contributed by atoms with Crippen LogP contribution in [0.2, 0.25) is 0 Å². The molecule has 1 aliphatic carbocycles. The van der Waals surface area contributed by atoms with Gasteiger partial charge in [-0.3, -0.25) is 0 Å². The summed E-state index contributed by atoms with van der Waals surface area (Å²) in [7, 11) is 1.62. The summed E-state index contributed by atoms with van der Waals surface area (Å²) < 4.78 is 25.0. The number of methoxy groups -OCH3 is 1. The van der Waals surface area contributed by atoms with Gasteiger partial charge in [0, 0.05) is 12.2 Å². The molecule has 1 saturated carbocycles. The van der Waals surface area contributed by atoms with Crippen molar-refractivity contribution in [2.45, 2.75) is 38.8 Å². The Hall–Kier alpha value is -1.13. The first-order valence-corrected chi connectivity index (χ1v) is 7.39. The molecular formula is C16H24FNO2. The fourth-order valence-corrected chi connectivity index (χ4v) is 2.69. The van der Waals surface area contributed by atoms with Crippen LogP contribution < -0.4 is 10.1 Å². The normalized spacial score (nSPS) is 17.8. The lowest BCUT2D eigenvalue weighted by Crippen LogP contribution is -2.35. The highest BCUT2D eigenvalue weighted by molar-refractivity contribution is 5.37. The van der Waals surface area contributed by atoms with E-state index in [2.05, 4.69) is 12.2 Å². The van der Waals surface area contributed by atoms with Crippen LogP contribution in [0.15, 0.2) is 18.2 Å². The third kappa shape index (κ3) is 3.49. The fraction of sp³-hybridized carbons (Fsp3) is 0.625. The van der Waals surface area contributed by atoms with Crippen molar-refractivity contribution in [3.05, 3.63) is 29.6 Å². The van der Waals surface area contributed by atoms with Crippen LogP contribution in [0.4, 0.5) is 4.39 Å². The summed E-state index contributed by atoms with van der Waals surface area (Å²) in [6.45, 7) is 5.52. The van der Waals surface area contributed by atoms with Gasteiger partial charge in [-0.15, -0.1) is 0 Å². The summed E-state index contributed by atoms with van der Waals surface area (Å²) in [4.78, 5) is 0. The molecule has 0 radical (unpaired) electrons. The smallest absolute Gasteiger partial charge is 0.123 e. The molecule has 0 bridgehead atoms. The van der Waals surface area contributed by atoms with Crippen molar-refractivity contribution in [3.8, 4) is 5.75 Å². The van der Waals surface area contributed by atoms with Crippen molar-refractivity contribution >= 4 is 0 Å². The molecule has 0 heterocycles. The Kier molecular flexibility index (Phi) is 5.38. The maximum Gasteiger partial charge on any atom is 0.123 e. The van der Waals surface area contributed by atoms with Crippen molar-refractivity contribution < 1.29 is 13.9 Å². The molecule has 1 aromatic rings. The molecule has 0 aliphatic heterocycles. The average Bonchev–Trinajstić information content (AvgIpc) is 3.27. The van der Waals surface area contributed by atoms with E-state index < -0.39 is 0 Å². The summed E-state index contributed by atoms with van der Waals surface area (Å²) in [5.41, 5.74) is 0.847. The number of hydrogen-bond donors (Lipinski definition) is 1. The largest absolute Gasteiger partial charge is 0.496 e. The van der Waals surface area contributed by atoms with Crippen molar-refractivity contribution in [3.63, 3.8) is 0 Å². The fourth-order valence-electron chi connectivity index (χ4n) is 2.69. The van der Waals surface area contributed by atoms with Gasteiger partial charge in [0.15, 0.2) is 0 Å². The number of hydrogen-bond acceptors (Lipinski definition) is 3. The second kappa shape index (κ2) is 7.04. The van der Waals surface area contributed by atoms with Gasteiger partial charge >= 0.3 is 0 Å². The van der Waals surface area contributed by atoms with Gasteiger partial charge in [-0.1, -0.05) is 6.92 Å². The molecule has 1 fully saturated rings. The molecule has 0 aromatic heterocycles. The van der Waals surface area contributed by atoms with Crippen LogP contribution in [0.3, 0.4) is 0 Å². The molecule has 112 valence electrons. The standard InChI is InChI=1S/C16H24FNO2/c1-4-18-15(16(20-5-2)11-6-7-11)13-10-12(17)8-9-14(13)19-3/h8-11,15-16,18H,4-7H2,1-3H3. The second-order valence-electron chi connectivity index (χ2n) is 5.18. The number of halogens is 1. The molecule has 4 heteroatoms. The van der Waals surface area contributed by atoms with Gasteiger partial charge in [-0.05, 0) is 50.4 Å². The summed E-state index contributed by atoms with van der Waals surface area (Å²) in [6.07, 6.45) is 2.45. The summed E-state index contributed by atoms with van der Waals surface area (Å²) >= 11 is 0. The Labute approximate surface area is 120 Å². The zero-order chi connectivity index (χ0) is 14.5. The topological polar surface area (TPSA) is 30.5 Å². The van der Waals surface area contributed by atoms with E-state index in [-0.39, 0.29) is 18.0 Å². The van der Waals surface area contributed by atoms with Gasteiger partial charge in [0.2, 0.25) is 0 Å². The minimum Gasteiger partial charge on any atom is -0.496 e. The van der Waals surface area contributed by atoms with E-state index in [1.165, 1.54) is 18.9 Å². The van der Waals surface area contributed by atoms with E-state index in [1.54, 1.807) is 19.2 Å². The van der Waals surface area contributed by atoms with Crippen molar-refractivity contribution in [1.82, 2.24) is 5.32 Å². The third-order valence-corrected chi connectivity index (χ3v) is 3.73. The van der Waals surface area contributed by atoms with Crippen LogP contribution in [0.25, 0.3) is 0 Å². The molecule has 1 N–H and O–H groups in total. The van der Waals surface area contributed by atoms with Crippen LogP contribution in [-0.2, 0) is 4.74 Å². The zero-order valence-corrected chi connectivity index (χ0v) is 12.5. The molecule has 2 unspecified atom stereocenters. The summed E-state index contributed by atoms with van der Waals surface area (Å²) in [6, 6.07) is 4.64. The number of benzene rings is 1. The van der Waals surface area contributed by atoms with E-state index >= 15 is 0 Å². The van der Waals surface area contributed by atoms with Gasteiger partial charge in [0.05, 0.1) is 19.3 Å². The summed E-state index contributed by atoms with van der Waals surface area (Å²) in [5.74, 6) is 1.03. The summed E-state index contributed by atoms with van der Waals surface area (Å²) in [5, 5.41) is 3.44. The molecule has 0 amide bonds. The van der Waals surface area contributed by atoms with E-state index in [0.29, 0.717) is 18.3 Å². The quantitative estimate of drug-likeness (QED) is 0.793. The third-order valence-electron chi connectivity index (χ3n) is 3.73. The minimum atomic E-state index is -0.241. The Morgan fingerprint density at radius 2 is 2.10 bits per heavy atom. The van der Waals surface area contributed by atoms with E-state index in [9.17, 15) is 4.39 Å². The zero-order valence-electron chi connectivity index (χ0n) is 12.5. The van der Waals surface area contributed by atoms with Crippen molar-refractivity contribution in [1.29, 1.82) is 0 Å². The molecule has 2 rings (SSSR count).